The minimum atomic E-state index is 0. The number of rotatable bonds is 6. The molecule has 0 bridgehead atoms. The summed E-state index contributed by atoms with van der Waals surface area (Å²) in [5.41, 5.74) is 0. The van der Waals surface area contributed by atoms with Gasteiger partial charge in [-0.15, -0.1) is 19.2 Å². The maximum atomic E-state index is 4.74. The molecule has 14 heavy (non-hydrogen) atoms. The molecule has 0 aromatic rings. The third-order valence-electron chi connectivity index (χ3n) is 1.36. The molecule has 0 atom stereocenters. The molecule has 76 valence electrons. The summed E-state index contributed by atoms with van der Waals surface area (Å²) in [6, 6.07) is 0. The zero-order chi connectivity index (χ0) is 10.1. The predicted octanol–water partition coefficient (Wildman–Crippen LogP) is -0.447. The van der Waals surface area contributed by atoms with E-state index in [9.17, 15) is 0 Å². The van der Waals surface area contributed by atoms with E-state index < -0.39 is 0 Å². The Hall–Kier alpha value is 2.12. The first-order valence-corrected chi connectivity index (χ1v) is 5.71. The van der Waals surface area contributed by atoms with Gasteiger partial charge in [0.2, 0.25) is 0 Å². The predicted molar refractivity (Wildman–Crippen MR) is 73.2 cm³/mol. The van der Waals surface area contributed by atoms with Gasteiger partial charge in [0.05, 0.1) is 0 Å². The first kappa shape index (κ1) is 18.5. The molecule has 0 aromatic carbocycles. The summed E-state index contributed by atoms with van der Waals surface area (Å²) in [6.07, 6.45) is 3.24. The molecule has 7 heteroatoms. The van der Waals surface area contributed by atoms with Crippen molar-refractivity contribution in [3.8, 4) is 0 Å². The van der Waals surface area contributed by atoms with Crippen LogP contribution in [0.25, 0.3) is 5.32 Å². The van der Waals surface area contributed by atoms with Gasteiger partial charge >= 0.3 is 51.4 Å². The zero-order valence-electron chi connectivity index (χ0n) is 8.19. The SMILES string of the molecule is S=C(S)[N-]CCCCCNC(=S)S.[K+]. The monoisotopic (exact) mass is 292 g/mol. The fraction of sp³-hybridized carbons (Fsp3) is 0.714. The molecule has 2 nitrogen and oxygen atoms in total. The molecule has 0 amide bonds. The van der Waals surface area contributed by atoms with E-state index in [0.717, 1.165) is 32.4 Å². The Balaban J connectivity index is 0. The molecule has 0 saturated heterocycles. The average molecular weight is 293 g/mol. The Morgan fingerprint density at radius 2 is 1.79 bits per heavy atom. The van der Waals surface area contributed by atoms with Gasteiger partial charge in [-0.25, -0.2) is 0 Å². The van der Waals surface area contributed by atoms with E-state index in [1.165, 1.54) is 0 Å². The smallest absolute Gasteiger partial charge is 0.670 e. The molecular formula is C7H13KN2S4. The van der Waals surface area contributed by atoms with Gasteiger partial charge in [0.15, 0.2) is 0 Å². The van der Waals surface area contributed by atoms with Crippen LogP contribution in [0.5, 0.6) is 0 Å². The standard InChI is InChI=1S/C7H14N2S4.K/c10-6(11)8-4-2-1-3-5-9-7(12)13;/h1-5H2,(H4,8,9,10,11,12,13);/q;+1/p-1. The summed E-state index contributed by atoms with van der Waals surface area (Å²) in [5.74, 6) is 0. The number of unbranched alkanes of at least 4 members (excludes halogenated alkanes) is 2. The summed E-state index contributed by atoms with van der Waals surface area (Å²) >= 11 is 17.3. The van der Waals surface area contributed by atoms with Gasteiger partial charge in [0.1, 0.15) is 4.32 Å². The molecular weight excluding hydrogens is 279 g/mol. The number of nitrogens with zero attached hydrogens (tertiary/aromatic N) is 1. The van der Waals surface area contributed by atoms with Crippen LogP contribution in [0, 0.1) is 0 Å². The second-order valence-electron chi connectivity index (χ2n) is 2.46. The average Bonchev–Trinajstić information content (AvgIpc) is 2.01. The second-order valence-corrected chi connectivity index (χ2v) is 4.73. The van der Waals surface area contributed by atoms with E-state index >= 15 is 0 Å². The van der Waals surface area contributed by atoms with Crippen LogP contribution < -0.4 is 56.7 Å². The molecule has 0 aliphatic rings. The van der Waals surface area contributed by atoms with Crippen molar-refractivity contribution in [3.63, 3.8) is 0 Å². The summed E-state index contributed by atoms with van der Waals surface area (Å²) < 4.78 is 0.996. The first-order valence-electron chi connectivity index (χ1n) is 4.00. The Kier molecular flexibility index (Phi) is 17.4. The zero-order valence-corrected chi connectivity index (χ0v) is 14.7. The molecule has 0 aliphatic heterocycles. The number of thiol groups is 2. The fourth-order valence-corrected chi connectivity index (χ4v) is 1.19. The van der Waals surface area contributed by atoms with Gasteiger partial charge in [-0.3, -0.25) is 0 Å². The third-order valence-corrected chi connectivity index (χ3v) is 1.93. The van der Waals surface area contributed by atoms with Gasteiger partial charge in [-0.1, -0.05) is 37.3 Å². The Labute approximate surface area is 150 Å². The van der Waals surface area contributed by atoms with Crippen LogP contribution in [0.4, 0.5) is 0 Å². The second kappa shape index (κ2) is 13.2. The van der Waals surface area contributed by atoms with Crippen molar-refractivity contribution < 1.29 is 51.4 Å². The summed E-state index contributed by atoms with van der Waals surface area (Å²) in [6.45, 7) is 1.65. The quantitative estimate of drug-likeness (QED) is 0.268. The molecule has 0 rings (SSSR count). The van der Waals surface area contributed by atoms with E-state index in [-0.39, 0.29) is 51.4 Å². The van der Waals surface area contributed by atoms with Crippen molar-refractivity contribution in [1.82, 2.24) is 5.32 Å². The Bertz CT molecular complexity index is 159. The maximum absolute atomic E-state index is 4.74. The van der Waals surface area contributed by atoms with Gasteiger partial charge in [-0.05, 0) is 10.7 Å². The minimum absolute atomic E-state index is 0. The van der Waals surface area contributed by atoms with Crippen molar-refractivity contribution in [3.05, 3.63) is 5.32 Å². The molecule has 1 N–H and O–H groups in total. The molecule has 0 radical (unpaired) electrons. The number of hydrogen-bond acceptors (Lipinski definition) is 2. The minimum Gasteiger partial charge on any atom is -0.670 e. The normalized spacial score (nSPS) is 8.71. The molecule has 0 heterocycles. The summed E-state index contributed by atoms with van der Waals surface area (Å²) in [7, 11) is 0. The van der Waals surface area contributed by atoms with Crippen LogP contribution in [0.2, 0.25) is 0 Å². The van der Waals surface area contributed by atoms with Crippen LogP contribution in [0.3, 0.4) is 0 Å². The van der Waals surface area contributed by atoms with E-state index in [1.54, 1.807) is 0 Å². The largest absolute Gasteiger partial charge is 1.00 e. The van der Waals surface area contributed by atoms with Gasteiger partial charge in [0, 0.05) is 6.54 Å². The summed E-state index contributed by atoms with van der Waals surface area (Å²) in [4.78, 5) is 0. The van der Waals surface area contributed by atoms with Crippen LogP contribution in [-0.4, -0.2) is 21.7 Å². The maximum Gasteiger partial charge on any atom is 1.00 e. The van der Waals surface area contributed by atoms with Crippen molar-refractivity contribution in [2.24, 2.45) is 0 Å². The number of hydrogen-bond donors (Lipinski definition) is 3. The van der Waals surface area contributed by atoms with Crippen LogP contribution in [0.1, 0.15) is 19.3 Å². The van der Waals surface area contributed by atoms with Crippen molar-refractivity contribution in [2.75, 3.05) is 13.1 Å². The Morgan fingerprint density at radius 1 is 1.14 bits per heavy atom. The van der Waals surface area contributed by atoms with E-state index in [2.05, 4.69) is 48.1 Å². The topological polar surface area (TPSA) is 26.1 Å². The number of thiocarbonyl (C=S) groups is 2. The van der Waals surface area contributed by atoms with Gasteiger partial charge < -0.3 is 10.6 Å². The number of nitrogens with one attached hydrogen (secondary N) is 1. The van der Waals surface area contributed by atoms with E-state index in [4.69, 9.17) is 12.2 Å². The van der Waals surface area contributed by atoms with Gasteiger partial charge in [-0.2, -0.15) is 12.6 Å². The molecule has 0 fully saturated rings. The molecule has 0 spiro atoms. The van der Waals surface area contributed by atoms with Crippen molar-refractivity contribution in [2.45, 2.75) is 19.3 Å². The van der Waals surface area contributed by atoms with Crippen LogP contribution in [-0.2, 0) is 0 Å². The fourth-order valence-electron chi connectivity index (χ4n) is 0.784. The van der Waals surface area contributed by atoms with Crippen LogP contribution >= 0.6 is 49.7 Å². The molecule has 0 saturated carbocycles. The Morgan fingerprint density at radius 3 is 2.29 bits per heavy atom. The van der Waals surface area contributed by atoms with E-state index in [0.29, 0.717) is 8.64 Å². The molecule has 0 aliphatic carbocycles. The van der Waals surface area contributed by atoms with Gasteiger partial charge in [0.25, 0.3) is 0 Å². The van der Waals surface area contributed by atoms with E-state index in [1.807, 2.05) is 0 Å². The summed E-state index contributed by atoms with van der Waals surface area (Å²) in [5, 5.41) is 6.96. The van der Waals surface area contributed by atoms with Crippen molar-refractivity contribution in [1.29, 1.82) is 0 Å². The van der Waals surface area contributed by atoms with Crippen molar-refractivity contribution >= 4 is 58.3 Å². The first-order chi connectivity index (χ1) is 6.13. The van der Waals surface area contributed by atoms with Crippen LogP contribution in [0.15, 0.2) is 0 Å². The third kappa shape index (κ3) is 16.5. The molecule has 0 unspecified atom stereocenters. The molecule has 0 aromatic heterocycles.